The summed E-state index contributed by atoms with van der Waals surface area (Å²) in [7, 11) is 0. The molecule has 0 saturated heterocycles. The Labute approximate surface area is 175 Å². The summed E-state index contributed by atoms with van der Waals surface area (Å²) in [4.78, 5) is 5.51. The zero-order valence-corrected chi connectivity index (χ0v) is 17.1. The third-order valence-corrected chi connectivity index (χ3v) is 6.02. The van der Waals surface area contributed by atoms with Crippen LogP contribution in [-0.2, 0) is 19.0 Å². The van der Waals surface area contributed by atoms with Crippen LogP contribution in [-0.4, -0.2) is 15.2 Å². The molecule has 30 heavy (non-hydrogen) atoms. The number of hydrogen-bond donors (Lipinski definition) is 1. The molecular weight excluding hydrogens is 413 g/mol. The number of phenols is 1. The minimum atomic E-state index is -4.44. The lowest BCUT2D eigenvalue weighted by Gasteiger charge is -2.10. The van der Waals surface area contributed by atoms with E-state index >= 15 is 0 Å². The van der Waals surface area contributed by atoms with Crippen LogP contribution in [0.4, 0.5) is 13.2 Å². The second-order valence-corrected chi connectivity index (χ2v) is 8.42. The molecule has 4 nitrogen and oxygen atoms in total. The van der Waals surface area contributed by atoms with E-state index < -0.39 is 11.7 Å². The number of aryl methyl sites for hydroxylation is 2. The van der Waals surface area contributed by atoms with E-state index in [1.807, 2.05) is 13.8 Å². The van der Waals surface area contributed by atoms with Gasteiger partial charge in [-0.15, -0.1) is 11.3 Å². The maximum Gasteiger partial charge on any atom is 0.417 e. The van der Waals surface area contributed by atoms with E-state index in [0.29, 0.717) is 23.4 Å². The standard InChI is InChI=1S/C22H19F3N2O2S/c1-12(2)20-19(10-9-17-15-8-7-13(28)11-18(15)29-27-17)30-21(26-20)14-5-3-4-6-16(14)22(23,24)25/h3-8,11-12,28H,9-10H2,1-2H3. The Morgan fingerprint density at radius 1 is 1.10 bits per heavy atom. The molecule has 0 aliphatic carbocycles. The van der Waals surface area contributed by atoms with Crippen LogP contribution in [0.25, 0.3) is 21.5 Å². The third-order valence-electron chi connectivity index (χ3n) is 4.86. The van der Waals surface area contributed by atoms with Crippen molar-refractivity contribution >= 4 is 22.3 Å². The van der Waals surface area contributed by atoms with Crippen molar-refractivity contribution in [3.05, 3.63) is 64.3 Å². The summed E-state index contributed by atoms with van der Waals surface area (Å²) in [6, 6.07) is 10.4. The quantitative estimate of drug-likeness (QED) is 0.387. The fraction of sp³-hybridized carbons (Fsp3) is 0.273. The van der Waals surface area contributed by atoms with Gasteiger partial charge in [0.2, 0.25) is 0 Å². The summed E-state index contributed by atoms with van der Waals surface area (Å²) in [5.74, 6) is 0.178. The number of benzene rings is 2. The summed E-state index contributed by atoms with van der Waals surface area (Å²) in [5.41, 5.74) is 1.47. The maximum absolute atomic E-state index is 13.5. The number of aromatic hydroxyl groups is 1. The lowest BCUT2D eigenvalue weighted by Crippen LogP contribution is -2.06. The number of rotatable bonds is 5. The Morgan fingerprint density at radius 3 is 2.60 bits per heavy atom. The molecule has 2 aromatic heterocycles. The van der Waals surface area contributed by atoms with Gasteiger partial charge in [-0.1, -0.05) is 37.2 Å². The van der Waals surface area contributed by atoms with Crippen molar-refractivity contribution in [2.75, 3.05) is 0 Å². The second kappa shape index (κ2) is 7.75. The van der Waals surface area contributed by atoms with Crippen LogP contribution in [0.5, 0.6) is 5.75 Å². The lowest BCUT2D eigenvalue weighted by molar-refractivity contribution is -0.137. The van der Waals surface area contributed by atoms with E-state index in [4.69, 9.17) is 4.52 Å². The first-order valence-corrected chi connectivity index (χ1v) is 10.3. The van der Waals surface area contributed by atoms with Gasteiger partial charge in [0, 0.05) is 21.9 Å². The van der Waals surface area contributed by atoms with Gasteiger partial charge >= 0.3 is 6.18 Å². The number of fused-ring (bicyclic) bond motifs is 1. The van der Waals surface area contributed by atoms with Gasteiger partial charge in [0.05, 0.1) is 17.0 Å². The highest BCUT2D eigenvalue weighted by atomic mass is 32.1. The minimum Gasteiger partial charge on any atom is -0.508 e. The van der Waals surface area contributed by atoms with Crippen LogP contribution in [0.3, 0.4) is 0 Å². The molecule has 0 unspecified atom stereocenters. The van der Waals surface area contributed by atoms with Crippen LogP contribution in [0.1, 0.15) is 41.6 Å². The average Bonchev–Trinajstić information content (AvgIpc) is 3.29. The minimum absolute atomic E-state index is 0.0778. The molecule has 4 rings (SSSR count). The van der Waals surface area contributed by atoms with Crippen LogP contribution in [0.15, 0.2) is 47.0 Å². The summed E-state index contributed by atoms with van der Waals surface area (Å²) >= 11 is 1.29. The molecule has 4 aromatic rings. The van der Waals surface area contributed by atoms with Crippen molar-refractivity contribution in [3.8, 4) is 16.3 Å². The number of phenolic OH excluding ortho intramolecular Hbond substituents is 1. The highest BCUT2D eigenvalue weighted by Crippen LogP contribution is 2.40. The van der Waals surface area contributed by atoms with Crippen LogP contribution in [0.2, 0.25) is 0 Å². The molecular formula is C22H19F3N2O2S. The zero-order chi connectivity index (χ0) is 21.5. The molecule has 0 aliphatic heterocycles. The fourth-order valence-corrected chi connectivity index (χ4v) is 4.67. The Kier molecular flexibility index (Phi) is 5.27. The summed E-state index contributed by atoms with van der Waals surface area (Å²) < 4.78 is 45.6. The number of aromatic nitrogens is 2. The molecule has 8 heteroatoms. The first-order valence-electron chi connectivity index (χ1n) is 9.47. The zero-order valence-electron chi connectivity index (χ0n) is 16.3. The smallest absolute Gasteiger partial charge is 0.417 e. The Balaban J connectivity index is 1.67. The molecule has 0 bridgehead atoms. The number of thiazole rings is 1. The van der Waals surface area contributed by atoms with Gasteiger partial charge in [-0.25, -0.2) is 4.98 Å². The maximum atomic E-state index is 13.5. The number of nitrogens with zero attached hydrogens (tertiary/aromatic N) is 2. The molecule has 0 spiro atoms. The molecule has 0 saturated carbocycles. The first-order chi connectivity index (χ1) is 14.2. The molecule has 1 N–H and O–H groups in total. The SMILES string of the molecule is CC(C)c1nc(-c2ccccc2C(F)(F)F)sc1CCc1noc2cc(O)ccc12. The Bertz CT molecular complexity index is 1190. The Hall–Kier alpha value is -2.87. The van der Waals surface area contributed by atoms with Gasteiger partial charge in [-0.05, 0) is 37.0 Å². The van der Waals surface area contributed by atoms with Crippen molar-refractivity contribution in [1.29, 1.82) is 0 Å². The first kappa shape index (κ1) is 20.4. The van der Waals surface area contributed by atoms with Crippen molar-refractivity contribution < 1.29 is 22.8 Å². The summed E-state index contributed by atoms with van der Waals surface area (Å²) in [6.45, 7) is 3.96. The molecule has 0 radical (unpaired) electrons. The normalized spacial score (nSPS) is 12.2. The molecule has 0 amide bonds. The third kappa shape index (κ3) is 3.92. The van der Waals surface area contributed by atoms with Crippen molar-refractivity contribution in [1.82, 2.24) is 10.1 Å². The summed E-state index contributed by atoms with van der Waals surface area (Å²) in [6.07, 6.45) is -3.30. The van der Waals surface area contributed by atoms with E-state index in [9.17, 15) is 18.3 Å². The van der Waals surface area contributed by atoms with Crippen LogP contribution < -0.4 is 0 Å². The topological polar surface area (TPSA) is 59.2 Å². The number of halogens is 3. The molecule has 0 fully saturated rings. The molecule has 156 valence electrons. The highest BCUT2D eigenvalue weighted by Gasteiger charge is 2.34. The van der Waals surface area contributed by atoms with E-state index in [2.05, 4.69) is 10.1 Å². The Morgan fingerprint density at radius 2 is 1.87 bits per heavy atom. The van der Waals surface area contributed by atoms with Gasteiger partial charge in [0.15, 0.2) is 5.58 Å². The van der Waals surface area contributed by atoms with Gasteiger partial charge in [-0.3, -0.25) is 0 Å². The van der Waals surface area contributed by atoms with E-state index in [0.717, 1.165) is 27.7 Å². The van der Waals surface area contributed by atoms with Gasteiger partial charge in [0.25, 0.3) is 0 Å². The molecule has 2 aromatic carbocycles. The average molecular weight is 432 g/mol. The monoisotopic (exact) mass is 432 g/mol. The molecule has 0 atom stereocenters. The van der Waals surface area contributed by atoms with Crippen molar-refractivity contribution in [3.63, 3.8) is 0 Å². The predicted molar refractivity (Wildman–Crippen MR) is 110 cm³/mol. The van der Waals surface area contributed by atoms with E-state index in [1.165, 1.54) is 29.5 Å². The molecule has 0 aliphatic rings. The van der Waals surface area contributed by atoms with Gasteiger partial charge < -0.3 is 9.63 Å². The van der Waals surface area contributed by atoms with Gasteiger partial charge in [0.1, 0.15) is 10.8 Å². The predicted octanol–water partition coefficient (Wildman–Crippen LogP) is 6.58. The highest BCUT2D eigenvalue weighted by molar-refractivity contribution is 7.15. The van der Waals surface area contributed by atoms with Crippen molar-refractivity contribution in [2.24, 2.45) is 0 Å². The number of hydrogen-bond acceptors (Lipinski definition) is 5. The van der Waals surface area contributed by atoms with E-state index in [1.54, 1.807) is 18.2 Å². The van der Waals surface area contributed by atoms with Crippen LogP contribution >= 0.6 is 11.3 Å². The second-order valence-electron chi connectivity index (χ2n) is 7.34. The van der Waals surface area contributed by atoms with Crippen LogP contribution in [0, 0.1) is 0 Å². The van der Waals surface area contributed by atoms with Gasteiger partial charge in [-0.2, -0.15) is 13.2 Å². The number of alkyl halides is 3. The van der Waals surface area contributed by atoms with E-state index in [-0.39, 0.29) is 17.2 Å². The molecule has 2 heterocycles. The fourth-order valence-electron chi connectivity index (χ4n) is 3.42. The lowest BCUT2D eigenvalue weighted by atomic mass is 10.0. The largest absolute Gasteiger partial charge is 0.508 e. The van der Waals surface area contributed by atoms with Crippen molar-refractivity contribution in [2.45, 2.75) is 38.8 Å². The summed E-state index contributed by atoms with van der Waals surface area (Å²) in [5, 5.41) is 14.8.